The van der Waals surface area contributed by atoms with Crippen molar-refractivity contribution >= 4 is 17.5 Å². The number of para-hydroxylation sites is 1. The second kappa shape index (κ2) is 16.7. The largest absolute Gasteiger partial charge is 0.496 e. The fourth-order valence-electron chi connectivity index (χ4n) is 8.71. The van der Waals surface area contributed by atoms with Crippen LogP contribution in [0.1, 0.15) is 76.2 Å². The monoisotopic (exact) mass is 719 g/mol. The Morgan fingerprint density at radius 3 is 2.52 bits per heavy atom. The summed E-state index contributed by atoms with van der Waals surface area (Å²) in [7, 11) is 5.48. The number of methoxy groups -OCH3 is 1. The number of nitrogens with one attached hydrogen (secondary N) is 3. The molecule has 2 bridgehead atoms. The fraction of sp³-hybridized carbons (Fsp3) is 0.610. The number of hydroxylamine groups is 2. The van der Waals surface area contributed by atoms with E-state index >= 15 is 0 Å². The van der Waals surface area contributed by atoms with Crippen LogP contribution in [0.25, 0.3) is 11.1 Å². The van der Waals surface area contributed by atoms with Gasteiger partial charge in [-0.1, -0.05) is 58.0 Å². The average Bonchev–Trinajstić information content (AvgIpc) is 3.50. The van der Waals surface area contributed by atoms with Gasteiger partial charge < -0.3 is 35.8 Å². The van der Waals surface area contributed by atoms with Crippen LogP contribution < -0.4 is 25.6 Å². The molecular weight excluding hydrogens is 658 g/mol. The number of nitrogens with zero attached hydrogens (tertiary/aromatic N) is 2. The molecule has 52 heavy (non-hydrogen) atoms. The third-order valence-electron chi connectivity index (χ3n) is 12.0. The van der Waals surface area contributed by atoms with Crippen molar-refractivity contribution in [2.45, 2.75) is 97.2 Å². The van der Waals surface area contributed by atoms with Gasteiger partial charge in [0.05, 0.1) is 32.4 Å². The lowest BCUT2D eigenvalue weighted by molar-refractivity contribution is -0.182. The van der Waals surface area contributed by atoms with Crippen LogP contribution in [0.15, 0.2) is 48.6 Å². The number of amides is 2. The molecule has 5 N–H and O–H groups in total. The Kier molecular flexibility index (Phi) is 12.7. The molecule has 11 heteroatoms. The van der Waals surface area contributed by atoms with Gasteiger partial charge in [-0.3, -0.25) is 14.4 Å². The molecule has 2 amide bonds. The molecule has 2 aromatic rings. The summed E-state index contributed by atoms with van der Waals surface area (Å²) < 4.78 is 6.05. The highest BCUT2D eigenvalue weighted by molar-refractivity contribution is 5.97. The second-order valence-corrected chi connectivity index (χ2v) is 15.7. The lowest BCUT2D eigenvalue weighted by Gasteiger charge is -2.60. The molecule has 4 fully saturated rings. The van der Waals surface area contributed by atoms with Crippen molar-refractivity contribution in [1.82, 2.24) is 21.0 Å². The van der Waals surface area contributed by atoms with E-state index in [1.165, 1.54) is 0 Å². The zero-order valence-corrected chi connectivity index (χ0v) is 32.4. The van der Waals surface area contributed by atoms with Crippen LogP contribution in [0.3, 0.4) is 0 Å². The standard InChI is InChI=1S/C41H61N5O6/c1-10-30(42-11-2)15-16-43-39(49)28-17-27(18-31(19-28)45(7)8)32-14-12-13-26(38(32)51-9)22-46-37(36(25(4)48)35(23-47)52-46)40(50)44-34-21-29-20-33(24(34)3)41(29,5)6/h12-14,17-19,25,29-30,33-37,42,47-48H,3,10-11,15-16,20-23H2,1-2,4-9H3,(H,43,49)(H,44,50)/t25-,29+,30?,33-,34-,35-,36+,37-/m0/s1. The normalized spacial score (nSPS) is 26.3. The number of rotatable bonds is 16. The zero-order valence-electron chi connectivity index (χ0n) is 32.4. The maximum absolute atomic E-state index is 14.2. The van der Waals surface area contributed by atoms with Gasteiger partial charge >= 0.3 is 0 Å². The lowest BCUT2D eigenvalue weighted by atomic mass is 9.46. The summed E-state index contributed by atoms with van der Waals surface area (Å²) in [5, 5.41) is 32.6. The summed E-state index contributed by atoms with van der Waals surface area (Å²) in [6.45, 7) is 16.1. The van der Waals surface area contributed by atoms with Crippen LogP contribution in [-0.4, -0.2) is 98.3 Å². The van der Waals surface area contributed by atoms with Gasteiger partial charge in [-0.25, -0.2) is 0 Å². The number of aliphatic hydroxyl groups is 2. The number of anilines is 1. The Morgan fingerprint density at radius 1 is 1.17 bits per heavy atom. The molecule has 6 rings (SSSR count). The van der Waals surface area contributed by atoms with Crippen LogP contribution in [-0.2, 0) is 16.2 Å². The Hall–Kier alpha value is -3.48. The summed E-state index contributed by atoms with van der Waals surface area (Å²) >= 11 is 0. The number of benzene rings is 2. The Labute approximate surface area is 310 Å². The van der Waals surface area contributed by atoms with Crippen molar-refractivity contribution < 1.29 is 29.4 Å². The molecule has 3 saturated carbocycles. The summed E-state index contributed by atoms with van der Waals surface area (Å²) in [5.74, 6) is 0.395. The highest BCUT2D eigenvalue weighted by Gasteiger charge is 2.56. The third kappa shape index (κ3) is 8.04. The molecule has 0 spiro atoms. The van der Waals surface area contributed by atoms with Crippen LogP contribution in [0, 0.1) is 23.2 Å². The van der Waals surface area contributed by atoms with Gasteiger partial charge in [0.25, 0.3) is 5.91 Å². The minimum atomic E-state index is -0.915. The minimum Gasteiger partial charge on any atom is -0.496 e. The van der Waals surface area contributed by atoms with E-state index in [2.05, 4.69) is 50.2 Å². The molecule has 11 nitrogen and oxygen atoms in total. The quantitative estimate of drug-likeness (QED) is 0.159. The zero-order chi connectivity index (χ0) is 37.9. The molecule has 3 aliphatic carbocycles. The van der Waals surface area contributed by atoms with Crippen molar-refractivity contribution in [3.8, 4) is 16.9 Å². The first-order chi connectivity index (χ1) is 24.7. The first-order valence-electron chi connectivity index (χ1n) is 19.0. The van der Waals surface area contributed by atoms with Crippen LogP contribution in [0.2, 0.25) is 0 Å². The van der Waals surface area contributed by atoms with Gasteiger partial charge in [-0.15, -0.1) is 0 Å². The van der Waals surface area contributed by atoms with Crippen molar-refractivity contribution in [3.05, 3.63) is 59.7 Å². The van der Waals surface area contributed by atoms with E-state index in [1.54, 1.807) is 19.1 Å². The maximum Gasteiger partial charge on any atom is 0.251 e. The number of carbonyl (C=O) groups is 2. The highest BCUT2D eigenvalue weighted by atomic mass is 16.7. The number of ether oxygens (including phenoxy) is 1. The molecule has 1 saturated heterocycles. The lowest BCUT2D eigenvalue weighted by Crippen LogP contribution is -2.59. The molecular formula is C41H61N5O6. The Bertz CT molecular complexity index is 1590. The van der Waals surface area contributed by atoms with E-state index in [1.807, 2.05) is 55.4 Å². The van der Waals surface area contributed by atoms with Gasteiger partial charge in [-0.05, 0) is 80.2 Å². The molecule has 1 unspecified atom stereocenters. The molecule has 8 atom stereocenters. The summed E-state index contributed by atoms with van der Waals surface area (Å²) in [6.07, 6.45) is 2.09. The van der Waals surface area contributed by atoms with E-state index < -0.39 is 24.2 Å². The summed E-state index contributed by atoms with van der Waals surface area (Å²) in [4.78, 5) is 35.8. The maximum atomic E-state index is 14.2. The molecule has 4 aliphatic rings. The fourth-order valence-corrected chi connectivity index (χ4v) is 8.71. The first-order valence-corrected chi connectivity index (χ1v) is 19.0. The van der Waals surface area contributed by atoms with Gasteiger partial charge in [0, 0.05) is 55.0 Å². The third-order valence-corrected chi connectivity index (χ3v) is 12.0. The molecule has 1 heterocycles. The average molecular weight is 720 g/mol. The van der Waals surface area contributed by atoms with Crippen LogP contribution in [0.5, 0.6) is 5.75 Å². The molecule has 286 valence electrons. The van der Waals surface area contributed by atoms with E-state index in [0.717, 1.165) is 60.2 Å². The predicted octanol–water partition coefficient (Wildman–Crippen LogP) is 4.52. The SMILES string of the molecule is C=C1[C@@H](NC(=O)[C@@H]2[C@H]([C@H](C)O)[C@H](CO)ON2Cc2cccc(-c3cc(C(=O)NCCC(CC)NCC)cc(N(C)C)c3)c2OC)C[C@H]2C[C@@H]1C2(C)C. The smallest absolute Gasteiger partial charge is 0.251 e. The minimum absolute atomic E-state index is 0.147. The Balaban J connectivity index is 1.41. The van der Waals surface area contributed by atoms with E-state index in [0.29, 0.717) is 35.7 Å². The summed E-state index contributed by atoms with van der Waals surface area (Å²) in [6, 6.07) is 10.9. The molecule has 0 radical (unpaired) electrons. The van der Waals surface area contributed by atoms with E-state index in [-0.39, 0.29) is 36.4 Å². The summed E-state index contributed by atoms with van der Waals surface area (Å²) in [5.41, 5.74) is 4.99. The number of carbonyl (C=O) groups excluding carboxylic acids is 2. The van der Waals surface area contributed by atoms with Crippen molar-refractivity contribution in [2.75, 3.05) is 45.8 Å². The van der Waals surface area contributed by atoms with Gasteiger partial charge in [0.2, 0.25) is 5.91 Å². The van der Waals surface area contributed by atoms with Gasteiger partial charge in [0.1, 0.15) is 17.9 Å². The van der Waals surface area contributed by atoms with Gasteiger partial charge in [-0.2, -0.15) is 5.06 Å². The van der Waals surface area contributed by atoms with E-state index in [9.17, 15) is 19.8 Å². The number of fused-ring (bicyclic) bond motifs is 2. The predicted molar refractivity (Wildman–Crippen MR) is 205 cm³/mol. The Morgan fingerprint density at radius 2 is 1.92 bits per heavy atom. The van der Waals surface area contributed by atoms with Crippen LogP contribution >= 0.6 is 0 Å². The number of hydrogen-bond donors (Lipinski definition) is 5. The van der Waals surface area contributed by atoms with Crippen molar-refractivity contribution in [2.24, 2.45) is 23.2 Å². The second-order valence-electron chi connectivity index (χ2n) is 15.7. The van der Waals surface area contributed by atoms with Crippen molar-refractivity contribution in [3.63, 3.8) is 0 Å². The topological polar surface area (TPSA) is 136 Å². The molecule has 1 aliphatic heterocycles. The highest BCUT2D eigenvalue weighted by Crippen LogP contribution is 2.60. The number of aliphatic hydroxyl groups excluding tert-OH is 2. The van der Waals surface area contributed by atoms with Crippen molar-refractivity contribution in [1.29, 1.82) is 0 Å². The van der Waals surface area contributed by atoms with E-state index in [4.69, 9.17) is 9.57 Å². The molecule has 2 aromatic carbocycles. The van der Waals surface area contributed by atoms with Gasteiger partial charge in [0.15, 0.2) is 0 Å². The molecule has 0 aromatic heterocycles. The first kappa shape index (κ1) is 39.7. The van der Waals surface area contributed by atoms with Crippen LogP contribution in [0.4, 0.5) is 5.69 Å². The number of hydrogen-bond acceptors (Lipinski definition) is 9.